The number of carboxylic acids is 1. The minimum atomic E-state index is -0.832. The molecule has 1 heterocycles. The van der Waals surface area contributed by atoms with Gasteiger partial charge < -0.3 is 9.67 Å². The monoisotopic (exact) mass is 283 g/mol. The summed E-state index contributed by atoms with van der Waals surface area (Å²) >= 11 is 1.24. The molecule has 0 saturated heterocycles. The fourth-order valence-corrected chi connectivity index (χ4v) is 3.11. The van der Waals surface area contributed by atoms with E-state index in [1.807, 2.05) is 0 Å². The van der Waals surface area contributed by atoms with Crippen molar-refractivity contribution in [2.75, 3.05) is 5.75 Å². The first-order valence-corrected chi connectivity index (χ1v) is 7.42. The van der Waals surface area contributed by atoms with Gasteiger partial charge in [0.2, 0.25) is 0 Å². The Bertz CT molecular complexity index is 502. The van der Waals surface area contributed by atoms with Crippen molar-refractivity contribution in [3.05, 3.63) is 5.82 Å². The second-order valence-electron chi connectivity index (χ2n) is 6.77. The number of aliphatic carboxylic acids is 1. The van der Waals surface area contributed by atoms with Crippen molar-refractivity contribution >= 4 is 17.7 Å². The molecule has 1 N–H and O–H groups in total. The molecule has 1 aliphatic rings. The fraction of sp³-hybridized carbons (Fsp3) is 0.769. The number of carbonyl (C=O) groups is 1. The van der Waals surface area contributed by atoms with Gasteiger partial charge in [0.1, 0.15) is 5.82 Å². The highest BCUT2D eigenvalue weighted by atomic mass is 32.2. The van der Waals surface area contributed by atoms with Crippen LogP contribution in [0.1, 0.15) is 52.8 Å². The van der Waals surface area contributed by atoms with Gasteiger partial charge in [0, 0.05) is 11.5 Å². The summed E-state index contributed by atoms with van der Waals surface area (Å²) < 4.78 is 2.10. The summed E-state index contributed by atoms with van der Waals surface area (Å²) in [4.78, 5) is 10.7. The summed E-state index contributed by atoms with van der Waals surface area (Å²) in [5.74, 6) is 0.605. The van der Waals surface area contributed by atoms with Crippen molar-refractivity contribution < 1.29 is 9.90 Å². The zero-order valence-corrected chi connectivity index (χ0v) is 12.9. The van der Waals surface area contributed by atoms with Crippen molar-refractivity contribution in [2.45, 2.75) is 57.7 Å². The highest BCUT2D eigenvalue weighted by Crippen LogP contribution is 2.58. The van der Waals surface area contributed by atoms with Crippen LogP contribution in [0, 0.1) is 5.41 Å². The van der Waals surface area contributed by atoms with Gasteiger partial charge in [-0.25, -0.2) is 0 Å². The topological polar surface area (TPSA) is 68.0 Å². The highest BCUT2D eigenvalue weighted by Gasteiger charge is 2.50. The maximum absolute atomic E-state index is 10.7. The minimum absolute atomic E-state index is 0.0161. The fourth-order valence-electron chi connectivity index (χ4n) is 2.27. The molecule has 106 valence electrons. The summed E-state index contributed by atoms with van der Waals surface area (Å²) in [6.07, 6.45) is 1.12. The first-order chi connectivity index (χ1) is 8.63. The number of carboxylic acid groups (broad SMARTS) is 1. The second kappa shape index (κ2) is 4.51. The molecule has 0 bridgehead atoms. The lowest BCUT2D eigenvalue weighted by molar-refractivity contribution is -0.133. The molecule has 19 heavy (non-hydrogen) atoms. The van der Waals surface area contributed by atoms with E-state index in [1.54, 1.807) is 0 Å². The molecular formula is C13H21N3O2S. The number of aromatic nitrogens is 3. The van der Waals surface area contributed by atoms with Gasteiger partial charge in [-0.15, -0.1) is 10.2 Å². The van der Waals surface area contributed by atoms with Crippen molar-refractivity contribution in [1.82, 2.24) is 14.8 Å². The number of hydrogen-bond donors (Lipinski definition) is 1. The maximum Gasteiger partial charge on any atom is 0.313 e. The van der Waals surface area contributed by atoms with Gasteiger partial charge in [-0.05, 0) is 32.6 Å². The van der Waals surface area contributed by atoms with Crippen LogP contribution in [0.25, 0.3) is 0 Å². The predicted molar refractivity (Wildman–Crippen MR) is 74.5 cm³/mol. The summed E-state index contributed by atoms with van der Waals surface area (Å²) in [7, 11) is 0. The number of nitrogens with zero attached hydrogens (tertiary/aromatic N) is 3. The van der Waals surface area contributed by atoms with Crippen LogP contribution >= 0.6 is 11.8 Å². The third kappa shape index (κ3) is 2.94. The molecule has 0 aliphatic heterocycles. The Morgan fingerprint density at radius 3 is 2.47 bits per heavy atom. The number of rotatable bonds is 4. The molecule has 0 radical (unpaired) electrons. The average Bonchev–Trinajstić information content (AvgIpc) is 2.72. The lowest BCUT2D eigenvalue weighted by atomic mass is 10.1. The van der Waals surface area contributed by atoms with Crippen LogP contribution in [0.4, 0.5) is 0 Å². The first kappa shape index (κ1) is 14.4. The Kier molecular flexibility index (Phi) is 3.41. The Labute approximate surface area is 117 Å². The van der Waals surface area contributed by atoms with Crippen molar-refractivity contribution in [2.24, 2.45) is 5.41 Å². The van der Waals surface area contributed by atoms with Crippen LogP contribution in [0.2, 0.25) is 0 Å². The zero-order chi connectivity index (χ0) is 14.4. The Balaban J connectivity index is 2.32. The lowest BCUT2D eigenvalue weighted by Gasteiger charge is -2.25. The van der Waals surface area contributed by atoms with Crippen LogP contribution < -0.4 is 0 Å². The van der Waals surface area contributed by atoms with E-state index in [0.29, 0.717) is 11.1 Å². The maximum atomic E-state index is 10.7. The molecule has 0 amide bonds. The molecule has 5 nitrogen and oxygen atoms in total. The molecule has 6 heteroatoms. The van der Waals surface area contributed by atoms with Gasteiger partial charge in [-0.1, -0.05) is 25.6 Å². The second-order valence-corrected chi connectivity index (χ2v) is 7.72. The van der Waals surface area contributed by atoms with E-state index < -0.39 is 5.97 Å². The van der Waals surface area contributed by atoms with Gasteiger partial charge in [-0.2, -0.15) is 0 Å². The van der Waals surface area contributed by atoms with Crippen LogP contribution in [-0.4, -0.2) is 31.6 Å². The Morgan fingerprint density at radius 2 is 2.05 bits per heavy atom. The van der Waals surface area contributed by atoms with Crippen LogP contribution in [0.15, 0.2) is 5.16 Å². The van der Waals surface area contributed by atoms with E-state index in [-0.39, 0.29) is 16.7 Å². The Hall–Kier alpha value is -1.04. The van der Waals surface area contributed by atoms with Crippen molar-refractivity contribution in [3.63, 3.8) is 0 Å². The zero-order valence-electron chi connectivity index (χ0n) is 12.1. The molecule has 2 rings (SSSR count). The van der Waals surface area contributed by atoms with E-state index >= 15 is 0 Å². The predicted octanol–water partition coefficient (Wildman–Crippen LogP) is 2.72. The Morgan fingerprint density at radius 1 is 1.47 bits per heavy atom. The van der Waals surface area contributed by atoms with E-state index in [1.165, 1.54) is 11.8 Å². The summed E-state index contributed by atoms with van der Waals surface area (Å²) in [6, 6.07) is 0. The first-order valence-electron chi connectivity index (χ1n) is 6.43. The van der Waals surface area contributed by atoms with Crippen molar-refractivity contribution in [1.29, 1.82) is 0 Å². The van der Waals surface area contributed by atoms with Gasteiger partial charge in [0.25, 0.3) is 0 Å². The molecule has 0 aromatic carbocycles. The van der Waals surface area contributed by atoms with E-state index in [0.717, 1.165) is 12.2 Å². The van der Waals surface area contributed by atoms with Gasteiger partial charge >= 0.3 is 5.97 Å². The quantitative estimate of drug-likeness (QED) is 0.860. The number of hydrogen-bond acceptors (Lipinski definition) is 4. The van der Waals surface area contributed by atoms with Gasteiger partial charge in [-0.3, -0.25) is 4.79 Å². The standard InChI is InChI=1S/C13H21N3O2S/c1-12(2,3)16-10(8-6-13(8,4)5)14-15-11(16)19-7-9(17)18/h8H,6-7H2,1-5H3,(H,17,18). The summed E-state index contributed by atoms with van der Waals surface area (Å²) in [6.45, 7) is 10.7. The molecule has 1 atom stereocenters. The van der Waals surface area contributed by atoms with E-state index in [2.05, 4.69) is 49.4 Å². The molecule has 1 aromatic rings. The van der Waals surface area contributed by atoms with Crippen LogP contribution in [0.5, 0.6) is 0 Å². The average molecular weight is 283 g/mol. The van der Waals surface area contributed by atoms with E-state index in [9.17, 15) is 4.79 Å². The third-order valence-electron chi connectivity index (χ3n) is 3.48. The largest absolute Gasteiger partial charge is 0.481 e. The van der Waals surface area contributed by atoms with Crippen LogP contribution in [-0.2, 0) is 10.3 Å². The number of thioether (sulfide) groups is 1. The van der Waals surface area contributed by atoms with E-state index in [4.69, 9.17) is 5.11 Å². The molecule has 1 fully saturated rings. The third-order valence-corrected chi connectivity index (χ3v) is 4.39. The SMILES string of the molecule is CC1(C)CC1c1nnc(SCC(=O)O)n1C(C)(C)C. The normalized spacial score (nSPS) is 21.4. The molecule has 0 spiro atoms. The van der Waals surface area contributed by atoms with Crippen LogP contribution in [0.3, 0.4) is 0 Å². The highest BCUT2D eigenvalue weighted by molar-refractivity contribution is 7.99. The van der Waals surface area contributed by atoms with Crippen molar-refractivity contribution in [3.8, 4) is 0 Å². The molecule has 1 unspecified atom stereocenters. The molecule has 1 aliphatic carbocycles. The minimum Gasteiger partial charge on any atom is -0.481 e. The molecule has 1 saturated carbocycles. The summed E-state index contributed by atoms with van der Waals surface area (Å²) in [5, 5.41) is 18.0. The molecular weight excluding hydrogens is 262 g/mol. The lowest BCUT2D eigenvalue weighted by Crippen LogP contribution is -2.25. The van der Waals surface area contributed by atoms with Gasteiger partial charge in [0.15, 0.2) is 5.16 Å². The van der Waals surface area contributed by atoms with Gasteiger partial charge in [0.05, 0.1) is 5.75 Å². The summed E-state index contributed by atoms with van der Waals surface area (Å²) in [5.41, 5.74) is 0.142. The smallest absolute Gasteiger partial charge is 0.313 e. The molecule has 1 aromatic heterocycles.